The van der Waals surface area contributed by atoms with Gasteiger partial charge in [-0.15, -0.1) is 6.58 Å². The lowest BCUT2D eigenvalue weighted by atomic mass is 10.1. The van der Waals surface area contributed by atoms with E-state index < -0.39 is 0 Å². The van der Waals surface area contributed by atoms with Crippen LogP contribution in [0.1, 0.15) is 59.3 Å². The summed E-state index contributed by atoms with van der Waals surface area (Å²) in [7, 11) is 0. The Labute approximate surface area is 102 Å². The quantitative estimate of drug-likeness (QED) is 0.379. The molecule has 0 aliphatic rings. The van der Waals surface area contributed by atoms with Gasteiger partial charge in [-0.05, 0) is 39.5 Å². The number of rotatable bonds is 10. The van der Waals surface area contributed by atoms with Crippen molar-refractivity contribution in [3.8, 4) is 0 Å². The zero-order valence-corrected chi connectivity index (χ0v) is 11.3. The fraction of sp³-hybridized carbons (Fsp3) is 0.733. The molecule has 1 nitrogen and oxygen atoms in total. The second kappa shape index (κ2) is 9.65. The maximum absolute atomic E-state index is 5.83. The van der Waals surface area contributed by atoms with Crippen LogP contribution < -0.4 is 0 Å². The number of unbranched alkanes of at least 4 members (excludes halogenated alkanes) is 4. The summed E-state index contributed by atoms with van der Waals surface area (Å²) in [4.78, 5) is 0. The Balaban J connectivity index is 3.62. The van der Waals surface area contributed by atoms with E-state index in [0.717, 1.165) is 19.4 Å². The third-order valence-electron chi connectivity index (χ3n) is 2.52. The zero-order valence-electron chi connectivity index (χ0n) is 11.3. The third-order valence-corrected chi connectivity index (χ3v) is 2.52. The van der Waals surface area contributed by atoms with E-state index in [2.05, 4.69) is 39.5 Å². The first-order chi connectivity index (χ1) is 7.62. The Hall–Kier alpha value is -0.560. The summed E-state index contributed by atoms with van der Waals surface area (Å²) < 4.78 is 5.83. The summed E-state index contributed by atoms with van der Waals surface area (Å²) in [5, 5.41) is 0. The molecule has 0 heterocycles. The minimum Gasteiger partial charge on any atom is -0.372 e. The average Bonchev–Trinajstić information content (AvgIpc) is 2.24. The van der Waals surface area contributed by atoms with Gasteiger partial charge in [0.05, 0.1) is 5.60 Å². The van der Waals surface area contributed by atoms with Gasteiger partial charge < -0.3 is 4.74 Å². The molecule has 0 amide bonds. The van der Waals surface area contributed by atoms with Crippen LogP contribution in [0.25, 0.3) is 0 Å². The molecule has 0 radical (unpaired) electrons. The zero-order chi connectivity index (χ0) is 12.3. The van der Waals surface area contributed by atoms with Crippen molar-refractivity contribution in [3.05, 3.63) is 24.8 Å². The molecule has 1 heteroatoms. The molecular formula is C15H28O. The van der Waals surface area contributed by atoms with Gasteiger partial charge in [-0.25, -0.2) is 0 Å². The van der Waals surface area contributed by atoms with Gasteiger partial charge in [0.1, 0.15) is 0 Å². The number of ether oxygens (including phenoxy) is 1. The molecule has 0 aromatic rings. The predicted octanol–water partition coefficient (Wildman–Crippen LogP) is 4.88. The molecule has 0 aromatic heterocycles. The van der Waals surface area contributed by atoms with Gasteiger partial charge >= 0.3 is 0 Å². The van der Waals surface area contributed by atoms with Gasteiger partial charge in [0.2, 0.25) is 0 Å². The van der Waals surface area contributed by atoms with Crippen LogP contribution in [0.2, 0.25) is 0 Å². The van der Waals surface area contributed by atoms with Gasteiger partial charge in [0.15, 0.2) is 0 Å². The molecule has 0 bridgehead atoms. The van der Waals surface area contributed by atoms with Crippen molar-refractivity contribution in [2.45, 2.75) is 64.9 Å². The van der Waals surface area contributed by atoms with Crippen molar-refractivity contribution >= 4 is 0 Å². The largest absolute Gasteiger partial charge is 0.372 e. The van der Waals surface area contributed by atoms with E-state index in [0.29, 0.717) is 0 Å². The Morgan fingerprint density at radius 1 is 1.12 bits per heavy atom. The minimum absolute atomic E-state index is 0.109. The summed E-state index contributed by atoms with van der Waals surface area (Å²) in [5.74, 6) is 0. The lowest BCUT2D eigenvalue weighted by molar-refractivity contribution is 0.0174. The smallest absolute Gasteiger partial charge is 0.0806 e. The van der Waals surface area contributed by atoms with Gasteiger partial charge in [0.25, 0.3) is 0 Å². The van der Waals surface area contributed by atoms with Gasteiger partial charge in [0, 0.05) is 6.61 Å². The van der Waals surface area contributed by atoms with Crippen molar-refractivity contribution < 1.29 is 4.74 Å². The van der Waals surface area contributed by atoms with Crippen LogP contribution in [0.5, 0.6) is 0 Å². The van der Waals surface area contributed by atoms with E-state index in [1.807, 2.05) is 6.08 Å². The van der Waals surface area contributed by atoms with Crippen molar-refractivity contribution in [1.82, 2.24) is 0 Å². The molecule has 0 atom stereocenters. The first-order valence-electron chi connectivity index (χ1n) is 6.55. The Kier molecular flexibility index (Phi) is 9.31. The summed E-state index contributed by atoms with van der Waals surface area (Å²) in [6.07, 6.45) is 13.5. The molecule has 94 valence electrons. The molecule has 0 saturated heterocycles. The minimum atomic E-state index is -0.109. The lowest BCUT2D eigenvalue weighted by Crippen LogP contribution is -2.21. The second-order valence-electron chi connectivity index (χ2n) is 4.78. The maximum atomic E-state index is 5.83. The summed E-state index contributed by atoms with van der Waals surface area (Å²) in [6.45, 7) is 11.1. The van der Waals surface area contributed by atoms with Crippen molar-refractivity contribution in [2.24, 2.45) is 0 Å². The van der Waals surface area contributed by atoms with Crippen LogP contribution in [0.15, 0.2) is 24.8 Å². The van der Waals surface area contributed by atoms with E-state index in [9.17, 15) is 0 Å². The number of hydrogen-bond acceptors (Lipinski definition) is 1. The SMILES string of the molecule is C=CCCCC=CC(C)(C)OCCCCC. The highest BCUT2D eigenvalue weighted by Gasteiger charge is 2.12. The molecule has 0 rings (SSSR count). The van der Waals surface area contributed by atoms with Crippen LogP contribution in [0.3, 0.4) is 0 Å². The first kappa shape index (κ1) is 15.4. The highest BCUT2D eigenvalue weighted by Crippen LogP contribution is 2.13. The Bertz CT molecular complexity index is 192. The molecule has 0 N–H and O–H groups in total. The van der Waals surface area contributed by atoms with E-state index >= 15 is 0 Å². The predicted molar refractivity (Wildman–Crippen MR) is 72.7 cm³/mol. The number of hydrogen-bond donors (Lipinski definition) is 0. The summed E-state index contributed by atoms with van der Waals surface area (Å²) in [6, 6.07) is 0. The van der Waals surface area contributed by atoms with Crippen LogP contribution in [0, 0.1) is 0 Å². The highest BCUT2D eigenvalue weighted by atomic mass is 16.5. The van der Waals surface area contributed by atoms with Gasteiger partial charge in [-0.3, -0.25) is 0 Å². The number of allylic oxidation sites excluding steroid dienone is 2. The molecule has 0 fully saturated rings. The molecule has 0 aromatic carbocycles. The van der Waals surface area contributed by atoms with Gasteiger partial charge in [-0.1, -0.05) is 38.0 Å². The third kappa shape index (κ3) is 9.97. The van der Waals surface area contributed by atoms with E-state index in [1.54, 1.807) is 0 Å². The van der Waals surface area contributed by atoms with Crippen LogP contribution in [-0.2, 0) is 4.74 Å². The van der Waals surface area contributed by atoms with Crippen LogP contribution in [0.4, 0.5) is 0 Å². The Morgan fingerprint density at radius 3 is 2.50 bits per heavy atom. The molecule has 0 aliphatic carbocycles. The van der Waals surface area contributed by atoms with Crippen molar-refractivity contribution in [3.63, 3.8) is 0 Å². The van der Waals surface area contributed by atoms with E-state index in [1.165, 1.54) is 25.7 Å². The summed E-state index contributed by atoms with van der Waals surface area (Å²) >= 11 is 0. The molecule has 16 heavy (non-hydrogen) atoms. The van der Waals surface area contributed by atoms with E-state index in [-0.39, 0.29) is 5.60 Å². The Morgan fingerprint density at radius 2 is 1.88 bits per heavy atom. The monoisotopic (exact) mass is 224 g/mol. The maximum Gasteiger partial charge on any atom is 0.0806 e. The van der Waals surface area contributed by atoms with Crippen LogP contribution in [-0.4, -0.2) is 12.2 Å². The normalized spacial score (nSPS) is 12.2. The van der Waals surface area contributed by atoms with Crippen molar-refractivity contribution in [2.75, 3.05) is 6.61 Å². The topological polar surface area (TPSA) is 9.23 Å². The van der Waals surface area contributed by atoms with Gasteiger partial charge in [-0.2, -0.15) is 0 Å². The second-order valence-corrected chi connectivity index (χ2v) is 4.78. The standard InChI is InChI=1S/C15H28O/c1-5-7-9-10-11-13-15(3,4)16-14-12-8-6-2/h5,11,13H,1,6-10,12,14H2,2-4H3. The highest BCUT2D eigenvalue weighted by molar-refractivity contribution is 4.96. The van der Waals surface area contributed by atoms with Crippen LogP contribution >= 0.6 is 0 Å². The molecule has 0 unspecified atom stereocenters. The lowest BCUT2D eigenvalue weighted by Gasteiger charge is -2.21. The molecule has 0 aliphatic heterocycles. The fourth-order valence-electron chi connectivity index (χ4n) is 1.48. The van der Waals surface area contributed by atoms with Crippen molar-refractivity contribution in [1.29, 1.82) is 0 Å². The molecule has 0 saturated carbocycles. The molecule has 0 spiro atoms. The summed E-state index contributed by atoms with van der Waals surface area (Å²) in [5.41, 5.74) is -0.109. The molecular weight excluding hydrogens is 196 g/mol. The average molecular weight is 224 g/mol. The fourth-order valence-corrected chi connectivity index (χ4v) is 1.48. The first-order valence-corrected chi connectivity index (χ1v) is 6.55. The van der Waals surface area contributed by atoms with E-state index in [4.69, 9.17) is 4.74 Å².